The highest BCUT2D eigenvalue weighted by atomic mass is 79.9. The Kier molecular flexibility index (Phi) is 4.32. The van der Waals surface area contributed by atoms with Gasteiger partial charge in [-0.15, -0.1) is 0 Å². The van der Waals surface area contributed by atoms with E-state index in [9.17, 15) is 9.18 Å². The number of carbonyl (C=O) groups excluding carboxylic acids is 1. The lowest BCUT2D eigenvalue weighted by Gasteiger charge is -2.07. The number of anilines is 1. The Balaban J connectivity index is 2.20. The number of nitrogens with one attached hydrogen (secondary N) is 1. The summed E-state index contributed by atoms with van der Waals surface area (Å²) >= 11 is 3.16. The minimum atomic E-state index is -0.543. The lowest BCUT2D eigenvalue weighted by atomic mass is 10.1. The van der Waals surface area contributed by atoms with Crippen molar-refractivity contribution in [3.8, 4) is 0 Å². The Bertz CT molecular complexity index is 613. The lowest BCUT2D eigenvalue weighted by molar-refractivity contribution is 0.102. The van der Waals surface area contributed by atoms with Crippen LogP contribution in [0.3, 0.4) is 0 Å². The van der Waals surface area contributed by atoms with Gasteiger partial charge in [-0.05, 0) is 42.3 Å². The topological polar surface area (TPSA) is 29.1 Å². The molecule has 2 aromatic carbocycles. The van der Waals surface area contributed by atoms with Gasteiger partial charge in [-0.3, -0.25) is 4.79 Å². The van der Waals surface area contributed by atoms with Gasteiger partial charge < -0.3 is 5.32 Å². The molecular weight excluding hydrogens is 309 g/mol. The van der Waals surface area contributed by atoms with Gasteiger partial charge in [-0.25, -0.2) is 4.39 Å². The van der Waals surface area contributed by atoms with Crippen LogP contribution in [0.2, 0.25) is 0 Å². The Morgan fingerprint density at radius 3 is 2.74 bits per heavy atom. The molecule has 2 rings (SSSR count). The van der Waals surface area contributed by atoms with Gasteiger partial charge in [0, 0.05) is 10.2 Å². The van der Waals surface area contributed by atoms with Crippen molar-refractivity contribution in [2.45, 2.75) is 13.3 Å². The quantitative estimate of drug-likeness (QED) is 0.891. The number of benzene rings is 2. The summed E-state index contributed by atoms with van der Waals surface area (Å²) in [7, 11) is 0. The van der Waals surface area contributed by atoms with Crippen LogP contribution in [0.1, 0.15) is 22.8 Å². The molecule has 0 aromatic heterocycles. The second-order valence-electron chi connectivity index (χ2n) is 4.13. The molecule has 0 spiro atoms. The Hall–Kier alpha value is -1.68. The zero-order valence-electron chi connectivity index (χ0n) is 10.4. The Morgan fingerprint density at radius 1 is 1.26 bits per heavy atom. The van der Waals surface area contributed by atoms with E-state index in [4.69, 9.17) is 0 Å². The molecule has 0 aliphatic rings. The summed E-state index contributed by atoms with van der Waals surface area (Å²) in [6.07, 6.45) is 0.885. The predicted molar refractivity (Wildman–Crippen MR) is 77.9 cm³/mol. The summed E-state index contributed by atoms with van der Waals surface area (Å²) in [6, 6.07) is 11.9. The predicted octanol–water partition coefficient (Wildman–Crippen LogP) is 4.40. The van der Waals surface area contributed by atoms with Crippen LogP contribution in [0, 0.1) is 5.82 Å². The van der Waals surface area contributed by atoms with Gasteiger partial charge in [0.05, 0.1) is 5.56 Å². The maximum Gasteiger partial charge on any atom is 0.258 e. The molecule has 4 heteroatoms. The van der Waals surface area contributed by atoms with E-state index >= 15 is 0 Å². The van der Waals surface area contributed by atoms with Gasteiger partial charge in [-0.2, -0.15) is 0 Å². The highest BCUT2D eigenvalue weighted by Crippen LogP contribution is 2.17. The molecule has 0 atom stereocenters. The van der Waals surface area contributed by atoms with Crippen LogP contribution in [-0.2, 0) is 6.42 Å². The number of carbonyl (C=O) groups is 1. The summed E-state index contributed by atoms with van der Waals surface area (Å²) in [6.45, 7) is 2.04. The van der Waals surface area contributed by atoms with E-state index in [0.29, 0.717) is 10.2 Å². The minimum Gasteiger partial charge on any atom is -0.322 e. The highest BCUT2D eigenvalue weighted by molar-refractivity contribution is 9.10. The normalized spacial score (nSPS) is 10.3. The molecule has 0 fully saturated rings. The van der Waals surface area contributed by atoms with E-state index in [-0.39, 0.29) is 5.56 Å². The molecule has 0 radical (unpaired) electrons. The van der Waals surface area contributed by atoms with Crippen LogP contribution < -0.4 is 5.32 Å². The van der Waals surface area contributed by atoms with Crippen LogP contribution in [0.5, 0.6) is 0 Å². The van der Waals surface area contributed by atoms with Crippen molar-refractivity contribution in [2.24, 2.45) is 0 Å². The summed E-state index contributed by atoms with van der Waals surface area (Å²) in [5, 5.41) is 2.70. The summed E-state index contributed by atoms with van der Waals surface area (Å²) in [5.41, 5.74) is 1.82. The first-order chi connectivity index (χ1) is 9.10. The Labute approximate surface area is 119 Å². The molecule has 0 unspecified atom stereocenters. The second kappa shape index (κ2) is 5.97. The molecule has 1 N–H and O–H groups in total. The third-order valence-corrected chi connectivity index (χ3v) is 3.26. The molecule has 0 saturated carbocycles. The molecule has 0 aliphatic heterocycles. The van der Waals surface area contributed by atoms with Crippen molar-refractivity contribution in [2.75, 3.05) is 5.32 Å². The van der Waals surface area contributed by atoms with Crippen molar-refractivity contribution in [3.05, 3.63) is 63.9 Å². The molecule has 2 nitrogen and oxygen atoms in total. The third-order valence-electron chi connectivity index (χ3n) is 2.77. The maximum absolute atomic E-state index is 13.7. The van der Waals surface area contributed by atoms with Gasteiger partial charge in [0.2, 0.25) is 0 Å². The fourth-order valence-corrected chi connectivity index (χ4v) is 2.07. The number of hydrogen-bond donors (Lipinski definition) is 1. The maximum atomic E-state index is 13.7. The van der Waals surface area contributed by atoms with Crippen molar-refractivity contribution in [1.29, 1.82) is 0 Å². The molecule has 0 bridgehead atoms. The summed E-state index contributed by atoms with van der Waals surface area (Å²) in [4.78, 5) is 12.0. The largest absolute Gasteiger partial charge is 0.322 e. The number of aryl methyl sites for hydroxylation is 1. The molecule has 2 aromatic rings. The van der Waals surface area contributed by atoms with Gasteiger partial charge in [0.15, 0.2) is 0 Å². The number of halogens is 2. The molecule has 19 heavy (non-hydrogen) atoms. The van der Waals surface area contributed by atoms with E-state index in [0.717, 1.165) is 12.0 Å². The Morgan fingerprint density at radius 2 is 2.05 bits per heavy atom. The van der Waals surface area contributed by atoms with Crippen molar-refractivity contribution >= 4 is 27.5 Å². The molecule has 98 valence electrons. The van der Waals surface area contributed by atoms with Gasteiger partial charge in [-0.1, -0.05) is 35.0 Å². The summed E-state index contributed by atoms with van der Waals surface area (Å²) < 4.78 is 14.3. The van der Waals surface area contributed by atoms with Crippen LogP contribution in [-0.4, -0.2) is 5.91 Å². The standard InChI is InChI=1S/C15H13BrFNO/c1-2-10-4-3-5-12(8-10)18-15(19)13-7-6-11(16)9-14(13)17/h3-9H,2H2,1H3,(H,18,19). The van der Waals surface area contributed by atoms with Crippen molar-refractivity contribution in [3.63, 3.8) is 0 Å². The number of rotatable bonds is 3. The van der Waals surface area contributed by atoms with Crippen molar-refractivity contribution < 1.29 is 9.18 Å². The minimum absolute atomic E-state index is 0.0325. The first kappa shape index (κ1) is 13.7. The zero-order chi connectivity index (χ0) is 13.8. The van der Waals surface area contributed by atoms with Gasteiger partial charge >= 0.3 is 0 Å². The molecule has 0 saturated heterocycles. The van der Waals surface area contributed by atoms with Crippen LogP contribution in [0.15, 0.2) is 46.9 Å². The van der Waals surface area contributed by atoms with Gasteiger partial charge in [0.25, 0.3) is 5.91 Å². The highest BCUT2D eigenvalue weighted by Gasteiger charge is 2.12. The average molecular weight is 322 g/mol. The third kappa shape index (κ3) is 3.41. The fourth-order valence-electron chi connectivity index (χ4n) is 1.74. The number of hydrogen-bond acceptors (Lipinski definition) is 1. The van der Waals surface area contributed by atoms with E-state index in [2.05, 4.69) is 21.2 Å². The van der Waals surface area contributed by atoms with Gasteiger partial charge in [0.1, 0.15) is 5.82 Å². The van der Waals surface area contributed by atoms with Crippen molar-refractivity contribution in [1.82, 2.24) is 0 Å². The van der Waals surface area contributed by atoms with E-state index < -0.39 is 11.7 Å². The second-order valence-corrected chi connectivity index (χ2v) is 5.05. The van der Waals surface area contributed by atoms with E-state index in [1.807, 2.05) is 25.1 Å². The monoisotopic (exact) mass is 321 g/mol. The van der Waals surface area contributed by atoms with Crippen LogP contribution in [0.4, 0.5) is 10.1 Å². The SMILES string of the molecule is CCc1cccc(NC(=O)c2ccc(Br)cc2F)c1. The molecule has 0 aliphatic carbocycles. The smallest absolute Gasteiger partial charge is 0.258 e. The first-order valence-electron chi connectivity index (χ1n) is 5.95. The molecule has 0 heterocycles. The van der Waals surface area contributed by atoms with Crippen LogP contribution >= 0.6 is 15.9 Å². The average Bonchev–Trinajstić information content (AvgIpc) is 2.38. The number of amides is 1. The fraction of sp³-hybridized carbons (Fsp3) is 0.133. The van der Waals surface area contributed by atoms with E-state index in [1.54, 1.807) is 12.1 Å². The lowest BCUT2D eigenvalue weighted by Crippen LogP contribution is -2.13. The summed E-state index contributed by atoms with van der Waals surface area (Å²) in [5.74, 6) is -0.989. The van der Waals surface area contributed by atoms with Crippen LogP contribution in [0.25, 0.3) is 0 Å². The molecule has 1 amide bonds. The molecular formula is C15H13BrFNO. The zero-order valence-corrected chi connectivity index (χ0v) is 12.0. The first-order valence-corrected chi connectivity index (χ1v) is 6.75. The van der Waals surface area contributed by atoms with E-state index in [1.165, 1.54) is 12.1 Å².